The molecule has 1 heterocycles. The van der Waals surface area contributed by atoms with Gasteiger partial charge in [0.2, 0.25) is 0 Å². The molecule has 21 heavy (non-hydrogen) atoms. The third-order valence-electron chi connectivity index (χ3n) is 2.20. The first-order chi connectivity index (χ1) is 10.2. The van der Waals surface area contributed by atoms with Crippen molar-refractivity contribution in [2.24, 2.45) is 0 Å². The number of aromatic amines is 1. The normalized spacial score (nSPS) is 8.57. The average molecular weight is 283 g/mol. The Morgan fingerprint density at radius 3 is 1.76 bits per heavy atom. The van der Waals surface area contributed by atoms with Crippen LogP contribution in [0.4, 0.5) is 11.4 Å². The fourth-order valence-electron chi connectivity index (χ4n) is 1.19. The lowest BCUT2D eigenvalue weighted by molar-refractivity contribution is 0.112. The topological polar surface area (TPSA) is 111 Å². The lowest BCUT2D eigenvalue weighted by atomic mass is 10.2. The molecular weight excluding hydrogens is 266 g/mol. The van der Waals surface area contributed by atoms with E-state index in [1.807, 2.05) is 18.2 Å². The summed E-state index contributed by atoms with van der Waals surface area (Å²) in [6.45, 7) is 0. The molecular formula is C15H17N5O. The van der Waals surface area contributed by atoms with Crippen molar-refractivity contribution in [3.05, 3.63) is 72.6 Å². The van der Waals surface area contributed by atoms with Crippen molar-refractivity contribution in [3.63, 3.8) is 0 Å². The van der Waals surface area contributed by atoms with Gasteiger partial charge in [0.15, 0.2) is 0 Å². The number of hydrogen-bond donors (Lipinski definition) is 3. The summed E-state index contributed by atoms with van der Waals surface area (Å²) >= 11 is 0. The summed E-state index contributed by atoms with van der Waals surface area (Å²) in [7, 11) is 0. The number of nitrogens with zero attached hydrogens (tertiary/aromatic N) is 2. The van der Waals surface area contributed by atoms with Crippen LogP contribution in [-0.4, -0.2) is 21.7 Å². The maximum absolute atomic E-state index is 10.0. The highest BCUT2D eigenvalue weighted by atomic mass is 16.1. The van der Waals surface area contributed by atoms with E-state index in [2.05, 4.69) is 15.4 Å². The fourth-order valence-corrected chi connectivity index (χ4v) is 1.19. The van der Waals surface area contributed by atoms with Crippen molar-refractivity contribution >= 4 is 17.7 Å². The summed E-state index contributed by atoms with van der Waals surface area (Å²) < 4.78 is 0. The molecule has 0 radical (unpaired) electrons. The van der Waals surface area contributed by atoms with Crippen LogP contribution < -0.4 is 11.5 Å². The van der Waals surface area contributed by atoms with Gasteiger partial charge in [0.05, 0.1) is 6.20 Å². The molecule has 0 aliphatic carbocycles. The standard InChI is InChI=1S/C7H6O.C6H8N2.C2H3N3/c8-6-7-4-2-1-3-5-7;7-5-1-2-6(8)4-3-5;1-2-4-5-3-1/h1-6H;1-4H,7-8H2;1-2H,(H,3,4,5). The number of rotatable bonds is 1. The second kappa shape index (κ2) is 9.74. The monoisotopic (exact) mass is 283 g/mol. The van der Waals surface area contributed by atoms with Gasteiger partial charge in [-0.25, -0.2) is 0 Å². The number of H-pyrrole nitrogens is 1. The molecule has 0 spiro atoms. The third kappa shape index (κ3) is 7.78. The van der Waals surface area contributed by atoms with Crippen molar-refractivity contribution in [1.29, 1.82) is 0 Å². The molecule has 0 amide bonds. The van der Waals surface area contributed by atoms with Crippen molar-refractivity contribution < 1.29 is 4.79 Å². The summed E-state index contributed by atoms with van der Waals surface area (Å²) in [5, 5.41) is 9.26. The number of anilines is 2. The quantitative estimate of drug-likeness (QED) is 0.468. The Hall–Kier alpha value is -3.15. The molecule has 0 aliphatic rings. The van der Waals surface area contributed by atoms with Gasteiger partial charge < -0.3 is 11.5 Å². The number of nitrogens with two attached hydrogens (primary N) is 2. The Balaban J connectivity index is 0.000000162. The number of carbonyl (C=O) groups excluding carboxylic acids is 1. The van der Waals surface area contributed by atoms with Crippen LogP contribution >= 0.6 is 0 Å². The SMILES string of the molecule is Nc1ccc(N)cc1.O=Cc1ccccc1.c1c[nH]nn1. The minimum atomic E-state index is 0.729. The maximum Gasteiger partial charge on any atom is 0.150 e. The Bertz CT molecular complexity index is 556. The average Bonchev–Trinajstić information content (AvgIpc) is 3.11. The highest BCUT2D eigenvalue weighted by Gasteiger charge is 1.81. The Kier molecular flexibility index (Phi) is 7.38. The predicted octanol–water partition coefficient (Wildman–Crippen LogP) is 2.15. The first kappa shape index (κ1) is 15.9. The summed E-state index contributed by atoms with van der Waals surface area (Å²) in [4.78, 5) is 10.0. The molecule has 2 aromatic carbocycles. The molecule has 0 saturated heterocycles. The van der Waals surface area contributed by atoms with E-state index in [0.29, 0.717) is 0 Å². The van der Waals surface area contributed by atoms with E-state index in [1.54, 1.807) is 48.8 Å². The van der Waals surface area contributed by atoms with Crippen LogP contribution in [0.2, 0.25) is 0 Å². The van der Waals surface area contributed by atoms with Crippen LogP contribution in [0.5, 0.6) is 0 Å². The van der Waals surface area contributed by atoms with Gasteiger partial charge in [-0.3, -0.25) is 9.89 Å². The van der Waals surface area contributed by atoms with Crippen LogP contribution in [0, 0.1) is 0 Å². The molecule has 0 aliphatic heterocycles. The minimum absolute atomic E-state index is 0.729. The number of carbonyl (C=O) groups is 1. The molecule has 3 aromatic rings. The van der Waals surface area contributed by atoms with Gasteiger partial charge in [0, 0.05) is 23.1 Å². The summed E-state index contributed by atoms with van der Waals surface area (Å²) in [5.41, 5.74) is 13.0. The van der Waals surface area contributed by atoms with Gasteiger partial charge in [-0.15, -0.1) is 5.10 Å². The second-order valence-electron chi connectivity index (χ2n) is 3.86. The van der Waals surface area contributed by atoms with Crippen LogP contribution in [0.15, 0.2) is 67.0 Å². The molecule has 0 fully saturated rings. The molecule has 0 bridgehead atoms. The van der Waals surface area contributed by atoms with E-state index >= 15 is 0 Å². The molecule has 6 heteroatoms. The number of nitrogens with one attached hydrogen (secondary N) is 1. The molecule has 5 N–H and O–H groups in total. The van der Waals surface area contributed by atoms with Gasteiger partial charge >= 0.3 is 0 Å². The lowest BCUT2D eigenvalue weighted by Gasteiger charge is -1.90. The Labute approximate surface area is 122 Å². The van der Waals surface area contributed by atoms with E-state index in [-0.39, 0.29) is 0 Å². The number of nitrogen functional groups attached to an aromatic ring is 2. The van der Waals surface area contributed by atoms with Crippen LogP contribution in [0.3, 0.4) is 0 Å². The zero-order valence-electron chi connectivity index (χ0n) is 11.4. The first-order valence-electron chi connectivity index (χ1n) is 6.14. The zero-order chi connectivity index (χ0) is 15.3. The fraction of sp³-hybridized carbons (Fsp3) is 0. The van der Waals surface area contributed by atoms with E-state index in [9.17, 15) is 4.79 Å². The number of hydrogen-bond acceptors (Lipinski definition) is 5. The molecule has 0 atom stereocenters. The molecule has 1 aromatic heterocycles. The van der Waals surface area contributed by atoms with Crippen LogP contribution in [0.25, 0.3) is 0 Å². The van der Waals surface area contributed by atoms with Gasteiger partial charge in [0.1, 0.15) is 6.29 Å². The zero-order valence-corrected chi connectivity index (χ0v) is 11.4. The van der Waals surface area contributed by atoms with E-state index in [4.69, 9.17) is 11.5 Å². The number of aldehydes is 1. The molecule has 108 valence electrons. The van der Waals surface area contributed by atoms with E-state index in [1.165, 1.54) is 0 Å². The van der Waals surface area contributed by atoms with Crippen molar-refractivity contribution in [2.45, 2.75) is 0 Å². The van der Waals surface area contributed by atoms with Crippen LogP contribution in [-0.2, 0) is 0 Å². The number of aromatic nitrogens is 3. The van der Waals surface area contributed by atoms with Crippen molar-refractivity contribution in [2.75, 3.05) is 11.5 Å². The molecule has 3 rings (SSSR count). The Morgan fingerprint density at radius 2 is 1.48 bits per heavy atom. The maximum atomic E-state index is 10.0. The largest absolute Gasteiger partial charge is 0.399 e. The second-order valence-corrected chi connectivity index (χ2v) is 3.86. The number of benzene rings is 2. The van der Waals surface area contributed by atoms with Crippen LogP contribution in [0.1, 0.15) is 10.4 Å². The van der Waals surface area contributed by atoms with Crippen molar-refractivity contribution in [3.8, 4) is 0 Å². The Morgan fingerprint density at radius 1 is 0.905 bits per heavy atom. The van der Waals surface area contributed by atoms with Gasteiger partial charge in [-0.1, -0.05) is 35.5 Å². The molecule has 6 nitrogen and oxygen atoms in total. The van der Waals surface area contributed by atoms with Gasteiger partial charge in [0.25, 0.3) is 0 Å². The highest BCUT2D eigenvalue weighted by Crippen LogP contribution is 2.04. The minimum Gasteiger partial charge on any atom is -0.399 e. The predicted molar refractivity (Wildman–Crippen MR) is 83.5 cm³/mol. The summed E-state index contributed by atoms with van der Waals surface area (Å²) in [6.07, 6.45) is 4.07. The highest BCUT2D eigenvalue weighted by molar-refractivity contribution is 5.74. The summed E-state index contributed by atoms with van der Waals surface area (Å²) in [6, 6.07) is 16.2. The van der Waals surface area contributed by atoms with Gasteiger partial charge in [-0.05, 0) is 24.3 Å². The first-order valence-corrected chi connectivity index (χ1v) is 6.14. The van der Waals surface area contributed by atoms with Crippen molar-refractivity contribution in [1.82, 2.24) is 15.4 Å². The molecule has 0 saturated carbocycles. The third-order valence-corrected chi connectivity index (χ3v) is 2.20. The van der Waals surface area contributed by atoms with Gasteiger partial charge in [-0.2, -0.15) is 0 Å². The smallest absolute Gasteiger partial charge is 0.150 e. The summed E-state index contributed by atoms with van der Waals surface area (Å²) in [5.74, 6) is 0. The lowest BCUT2D eigenvalue weighted by Crippen LogP contribution is -1.86. The van der Waals surface area contributed by atoms with E-state index in [0.717, 1.165) is 23.2 Å². The molecule has 0 unspecified atom stereocenters. The van der Waals surface area contributed by atoms with E-state index < -0.39 is 0 Å².